The lowest BCUT2D eigenvalue weighted by molar-refractivity contribution is -0.131. The molecular weight excluding hydrogens is 312 g/mol. The van der Waals surface area contributed by atoms with E-state index >= 15 is 0 Å². The lowest BCUT2D eigenvalue weighted by atomic mass is 10.1. The van der Waals surface area contributed by atoms with Gasteiger partial charge in [0.15, 0.2) is 0 Å². The molecule has 0 unspecified atom stereocenters. The van der Waals surface area contributed by atoms with Gasteiger partial charge in [0.1, 0.15) is 0 Å². The maximum absolute atomic E-state index is 12.7. The molecule has 5 nitrogen and oxygen atoms in total. The monoisotopic (exact) mass is 332 g/mol. The number of fused-ring (bicyclic) bond motifs is 1. The predicted octanol–water partition coefficient (Wildman–Crippen LogP) is 2.72. The van der Waals surface area contributed by atoms with Gasteiger partial charge in [0.2, 0.25) is 5.91 Å². The number of pyridine rings is 1. The first-order chi connectivity index (χ1) is 12.2. The third-order valence-corrected chi connectivity index (χ3v) is 4.64. The van der Waals surface area contributed by atoms with Gasteiger partial charge >= 0.3 is 0 Å². The standard InChI is InChI=1S/C20H20N4O/c21-17-8-9-18(15-5-2-1-3-6-15)22-19(17)13-20(25)24-12-11-23-10-4-7-16(23)14-24/h1-10H,11-14,21H2. The lowest BCUT2D eigenvalue weighted by Gasteiger charge is -2.28. The van der Waals surface area contributed by atoms with Gasteiger partial charge in [0, 0.05) is 30.5 Å². The second kappa shape index (κ2) is 6.43. The predicted molar refractivity (Wildman–Crippen MR) is 97.6 cm³/mol. The first kappa shape index (κ1) is 15.4. The summed E-state index contributed by atoms with van der Waals surface area (Å²) in [7, 11) is 0. The molecule has 25 heavy (non-hydrogen) atoms. The van der Waals surface area contributed by atoms with E-state index < -0.39 is 0 Å². The molecule has 2 aromatic heterocycles. The zero-order chi connectivity index (χ0) is 17.2. The Kier molecular flexibility index (Phi) is 3.98. The van der Waals surface area contributed by atoms with Crippen molar-refractivity contribution in [3.05, 3.63) is 72.2 Å². The second-order valence-corrected chi connectivity index (χ2v) is 6.28. The average Bonchev–Trinajstić information content (AvgIpc) is 3.12. The molecule has 5 heteroatoms. The van der Waals surface area contributed by atoms with Crippen molar-refractivity contribution in [2.75, 3.05) is 12.3 Å². The smallest absolute Gasteiger partial charge is 0.229 e. The van der Waals surface area contributed by atoms with Gasteiger partial charge in [-0.05, 0) is 24.3 Å². The zero-order valence-electron chi connectivity index (χ0n) is 13.9. The van der Waals surface area contributed by atoms with Gasteiger partial charge in [-0.15, -0.1) is 0 Å². The molecule has 0 fully saturated rings. The Balaban J connectivity index is 1.53. The van der Waals surface area contributed by atoms with Crippen LogP contribution in [0.15, 0.2) is 60.8 Å². The third kappa shape index (κ3) is 3.13. The topological polar surface area (TPSA) is 64.2 Å². The van der Waals surface area contributed by atoms with Crippen molar-refractivity contribution < 1.29 is 4.79 Å². The van der Waals surface area contributed by atoms with E-state index in [2.05, 4.69) is 21.8 Å². The van der Waals surface area contributed by atoms with Crippen LogP contribution in [0.4, 0.5) is 5.69 Å². The Labute approximate surface area is 146 Å². The Bertz CT molecular complexity index is 901. The van der Waals surface area contributed by atoms with Crippen LogP contribution in [0.1, 0.15) is 11.4 Å². The molecular formula is C20H20N4O. The summed E-state index contributed by atoms with van der Waals surface area (Å²) < 4.78 is 2.19. The minimum absolute atomic E-state index is 0.0665. The summed E-state index contributed by atoms with van der Waals surface area (Å²) in [5, 5.41) is 0. The van der Waals surface area contributed by atoms with E-state index in [9.17, 15) is 4.79 Å². The highest BCUT2D eigenvalue weighted by Gasteiger charge is 2.21. The average molecular weight is 332 g/mol. The normalized spacial score (nSPS) is 13.5. The van der Waals surface area contributed by atoms with Gasteiger partial charge in [-0.25, -0.2) is 0 Å². The van der Waals surface area contributed by atoms with Crippen molar-refractivity contribution in [1.82, 2.24) is 14.5 Å². The van der Waals surface area contributed by atoms with Crippen LogP contribution < -0.4 is 5.73 Å². The number of anilines is 1. The van der Waals surface area contributed by atoms with Crippen LogP contribution in [0.3, 0.4) is 0 Å². The molecule has 0 aliphatic carbocycles. The van der Waals surface area contributed by atoms with Crippen molar-refractivity contribution in [2.45, 2.75) is 19.5 Å². The molecule has 0 radical (unpaired) electrons. The van der Waals surface area contributed by atoms with Gasteiger partial charge in [-0.2, -0.15) is 0 Å². The number of carbonyl (C=O) groups excluding carboxylic acids is 1. The van der Waals surface area contributed by atoms with Crippen LogP contribution in [0.5, 0.6) is 0 Å². The number of nitrogens with zero attached hydrogens (tertiary/aromatic N) is 3. The maximum Gasteiger partial charge on any atom is 0.229 e. The molecule has 3 aromatic rings. The minimum atomic E-state index is 0.0665. The van der Waals surface area contributed by atoms with Crippen LogP contribution in [-0.4, -0.2) is 26.9 Å². The van der Waals surface area contributed by atoms with Crippen LogP contribution in [0.2, 0.25) is 0 Å². The molecule has 1 aliphatic rings. The number of carbonyl (C=O) groups is 1. The SMILES string of the molecule is Nc1ccc(-c2ccccc2)nc1CC(=O)N1CCn2cccc2C1. The molecule has 0 saturated carbocycles. The summed E-state index contributed by atoms with van der Waals surface area (Å²) >= 11 is 0. The van der Waals surface area contributed by atoms with Crippen molar-refractivity contribution >= 4 is 11.6 Å². The summed E-state index contributed by atoms with van der Waals surface area (Å²) in [5.74, 6) is 0.0665. The summed E-state index contributed by atoms with van der Waals surface area (Å²) in [5.41, 5.74) is 10.3. The van der Waals surface area contributed by atoms with E-state index in [1.807, 2.05) is 53.4 Å². The van der Waals surface area contributed by atoms with Crippen molar-refractivity contribution in [3.8, 4) is 11.3 Å². The van der Waals surface area contributed by atoms with E-state index in [1.165, 1.54) is 5.69 Å². The fourth-order valence-corrected chi connectivity index (χ4v) is 3.21. The molecule has 0 spiro atoms. The highest BCUT2D eigenvalue weighted by Crippen LogP contribution is 2.21. The van der Waals surface area contributed by atoms with Crippen LogP contribution >= 0.6 is 0 Å². The number of amides is 1. The number of hydrogen-bond donors (Lipinski definition) is 1. The van der Waals surface area contributed by atoms with Crippen LogP contribution in [-0.2, 0) is 24.3 Å². The van der Waals surface area contributed by atoms with Crippen molar-refractivity contribution in [2.24, 2.45) is 0 Å². The zero-order valence-corrected chi connectivity index (χ0v) is 13.9. The van der Waals surface area contributed by atoms with Gasteiger partial charge in [-0.1, -0.05) is 30.3 Å². The molecule has 2 N–H and O–H groups in total. The molecule has 4 rings (SSSR count). The number of rotatable bonds is 3. The van der Waals surface area contributed by atoms with Gasteiger partial charge in [0.25, 0.3) is 0 Å². The number of aromatic nitrogens is 2. The number of hydrogen-bond acceptors (Lipinski definition) is 3. The highest BCUT2D eigenvalue weighted by atomic mass is 16.2. The molecule has 0 bridgehead atoms. The Morgan fingerprint density at radius 3 is 2.72 bits per heavy atom. The molecule has 126 valence electrons. The summed E-state index contributed by atoms with van der Waals surface area (Å²) in [6.07, 6.45) is 2.28. The van der Waals surface area contributed by atoms with E-state index in [0.29, 0.717) is 17.9 Å². The molecule has 1 aromatic carbocycles. The number of nitrogens with two attached hydrogens (primary N) is 1. The van der Waals surface area contributed by atoms with Gasteiger partial charge in [0.05, 0.1) is 30.0 Å². The van der Waals surface area contributed by atoms with E-state index in [1.54, 1.807) is 0 Å². The maximum atomic E-state index is 12.7. The summed E-state index contributed by atoms with van der Waals surface area (Å²) in [6, 6.07) is 17.7. The van der Waals surface area contributed by atoms with Crippen molar-refractivity contribution in [3.63, 3.8) is 0 Å². The largest absolute Gasteiger partial charge is 0.397 e. The Morgan fingerprint density at radius 2 is 1.88 bits per heavy atom. The molecule has 3 heterocycles. The number of nitrogen functional groups attached to an aromatic ring is 1. The Morgan fingerprint density at radius 1 is 1.04 bits per heavy atom. The fourth-order valence-electron chi connectivity index (χ4n) is 3.21. The summed E-state index contributed by atoms with van der Waals surface area (Å²) in [4.78, 5) is 19.2. The fraction of sp³-hybridized carbons (Fsp3) is 0.200. The third-order valence-electron chi connectivity index (χ3n) is 4.64. The van der Waals surface area contributed by atoms with E-state index in [-0.39, 0.29) is 12.3 Å². The van der Waals surface area contributed by atoms with Gasteiger partial charge in [-0.3, -0.25) is 9.78 Å². The quantitative estimate of drug-likeness (QED) is 0.802. The van der Waals surface area contributed by atoms with Crippen LogP contribution in [0.25, 0.3) is 11.3 Å². The van der Waals surface area contributed by atoms with E-state index in [4.69, 9.17) is 5.73 Å². The van der Waals surface area contributed by atoms with Gasteiger partial charge < -0.3 is 15.2 Å². The van der Waals surface area contributed by atoms with Crippen LogP contribution in [0, 0.1) is 0 Å². The highest BCUT2D eigenvalue weighted by molar-refractivity contribution is 5.80. The molecule has 1 aliphatic heterocycles. The second-order valence-electron chi connectivity index (χ2n) is 6.28. The lowest BCUT2D eigenvalue weighted by Crippen LogP contribution is -2.38. The number of benzene rings is 1. The molecule has 0 saturated heterocycles. The molecule has 0 atom stereocenters. The molecule has 1 amide bonds. The minimum Gasteiger partial charge on any atom is -0.397 e. The summed E-state index contributed by atoms with van der Waals surface area (Å²) in [6.45, 7) is 2.20. The Hall–Kier alpha value is -3.08. The first-order valence-electron chi connectivity index (χ1n) is 8.43. The first-order valence-corrected chi connectivity index (χ1v) is 8.43. The van der Waals surface area contributed by atoms with Crippen molar-refractivity contribution in [1.29, 1.82) is 0 Å². The van der Waals surface area contributed by atoms with E-state index in [0.717, 1.165) is 24.3 Å².